The molecular formula is C10H21NO3. The Hall–Kier alpha value is -0.610. The summed E-state index contributed by atoms with van der Waals surface area (Å²) in [6, 6.07) is 0. The predicted molar refractivity (Wildman–Crippen MR) is 55.0 cm³/mol. The molecule has 0 spiro atoms. The van der Waals surface area contributed by atoms with Crippen molar-refractivity contribution < 1.29 is 14.6 Å². The van der Waals surface area contributed by atoms with E-state index >= 15 is 0 Å². The largest absolute Gasteiger partial charge is 0.463 e. The second-order valence-electron chi connectivity index (χ2n) is 3.83. The second kappa shape index (κ2) is 6.79. The van der Waals surface area contributed by atoms with E-state index in [0.717, 1.165) is 6.42 Å². The van der Waals surface area contributed by atoms with Crippen LogP contribution in [0.1, 0.15) is 26.7 Å². The summed E-state index contributed by atoms with van der Waals surface area (Å²) in [6.45, 7) is 4.28. The van der Waals surface area contributed by atoms with Gasteiger partial charge in [-0.2, -0.15) is 0 Å². The quantitative estimate of drug-likeness (QED) is 0.644. The van der Waals surface area contributed by atoms with E-state index in [1.54, 1.807) is 0 Å². The number of hydrogen-bond donors (Lipinski definition) is 1. The molecule has 0 bridgehead atoms. The van der Waals surface area contributed by atoms with Gasteiger partial charge in [0.05, 0.1) is 18.6 Å². The molecule has 0 fully saturated rings. The van der Waals surface area contributed by atoms with Crippen LogP contribution in [0.15, 0.2) is 0 Å². The highest BCUT2D eigenvalue weighted by molar-refractivity contribution is 5.70. The molecule has 84 valence electrons. The number of aliphatic hydroxyl groups is 1. The molecule has 0 heterocycles. The van der Waals surface area contributed by atoms with Crippen molar-refractivity contribution in [2.45, 2.75) is 38.9 Å². The maximum absolute atomic E-state index is 11.2. The number of nitrogens with zero attached hydrogens (tertiary/aromatic N) is 1. The van der Waals surface area contributed by atoms with Gasteiger partial charge in [-0.1, -0.05) is 6.92 Å². The van der Waals surface area contributed by atoms with Gasteiger partial charge >= 0.3 is 5.97 Å². The molecule has 0 aromatic rings. The van der Waals surface area contributed by atoms with Crippen molar-refractivity contribution in [2.24, 2.45) is 0 Å². The van der Waals surface area contributed by atoms with E-state index in [1.807, 2.05) is 32.8 Å². The van der Waals surface area contributed by atoms with Gasteiger partial charge in [0.15, 0.2) is 0 Å². The average molecular weight is 203 g/mol. The molecule has 0 aliphatic carbocycles. The molecule has 0 radical (unpaired) electrons. The van der Waals surface area contributed by atoms with Crippen molar-refractivity contribution in [3.05, 3.63) is 0 Å². The fraction of sp³-hybridized carbons (Fsp3) is 0.900. The van der Waals surface area contributed by atoms with E-state index in [9.17, 15) is 9.90 Å². The van der Waals surface area contributed by atoms with E-state index in [2.05, 4.69) is 0 Å². The van der Waals surface area contributed by atoms with Gasteiger partial charge in [-0.15, -0.1) is 0 Å². The topological polar surface area (TPSA) is 49.8 Å². The van der Waals surface area contributed by atoms with Gasteiger partial charge in [0.1, 0.15) is 0 Å². The molecule has 4 nitrogen and oxygen atoms in total. The number of likely N-dealkylation sites (N-methyl/N-ethyl adjacent to an activating group) is 1. The summed E-state index contributed by atoms with van der Waals surface area (Å²) < 4.78 is 5.03. The Morgan fingerprint density at radius 2 is 2.07 bits per heavy atom. The van der Waals surface area contributed by atoms with Crippen molar-refractivity contribution in [1.82, 2.24) is 4.90 Å². The van der Waals surface area contributed by atoms with Gasteiger partial charge in [-0.05, 0) is 27.4 Å². The van der Waals surface area contributed by atoms with E-state index in [0.29, 0.717) is 6.54 Å². The van der Waals surface area contributed by atoms with Crippen LogP contribution in [-0.2, 0) is 9.53 Å². The lowest BCUT2D eigenvalue weighted by molar-refractivity contribution is -0.150. The first-order valence-electron chi connectivity index (χ1n) is 4.98. The summed E-state index contributed by atoms with van der Waals surface area (Å²) >= 11 is 0. The lowest BCUT2D eigenvalue weighted by Gasteiger charge is -2.16. The molecule has 0 saturated carbocycles. The Kier molecular flexibility index (Phi) is 6.49. The summed E-state index contributed by atoms with van der Waals surface area (Å²) in [5.74, 6) is -0.325. The van der Waals surface area contributed by atoms with Crippen molar-refractivity contribution in [2.75, 3.05) is 20.6 Å². The summed E-state index contributed by atoms with van der Waals surface area (Å²) in [5.41, 5.74) is 0. The molecule has 0 aromatic carbocycles. The Morgan fingerprint density at radius 1 is 1.50 bits per heavy atom. The molecule has 0 amide bonds. The Bertz CT molecular complexity index is 171. The summed E-state index contributed by atoms with van der Waals surface area (Å²) in [6.07, 6.45) is 0.175. The molecule has 2 atom stereocenters. The van der Waals surface area contributed by atoms with Crippen LogP contribution in [0.5, 0.6) is 0 Å². The highest BCUT2D eigenvalue weighted by Crippen LogP contribution is 2.01. The number of esters is 1. The van der Waals surface area contributed by atoms with Crippen LogP contribution in [0.2, 0.25) is 0 Å². The molecule has 4 heteroatoms. The third-order valence-electron chi connectivity index (χ3n) is 1.89. The van der Waals surface area contributed by atoms with Gasteiger partial charge in [-0.3, -0.25) is 4.79 Å². The molecule has 0 aliphatic heterocycles. The number of hydrogen-bond acceptors (Lipinski definition) is 4. The predicted octanol–water partition coefficient (Wildman–Crippen LogP) is 0.641. The van der Waals surface area contributed by atoms with Crippen molar-refractivity contribution >= 4 is 5.97 Å². The minimum absolute atomic E-state index is 0.0611. The fourth-order valence-electron chi connectivity index (χ4n) is 1.03. The van der Waals surface area contributed by atoms with E-state index in [1.165, 1.54) is 0 Å². The zero-order chi connectivity index (χ0) is 11.1. The molecule has 0 aliphatic rings. The van der Waals surface area contributed by atoms with Gasteiger partial charge < -0.3 is 14.7 Å². The molecular weight excluding hydrogens is 182 g/mol. The first kappa shape index (κ1) is 13.4. The maximum atomic E-state index is 11.2. The Balaban J connectivity index is 3.71. The molecule has 2 unspecified atom stereocenters. The average Bonchev–Trinajstić information content (AvgIpc) is 2.01. The third-order valence-corrected chi connectivity index (χ3v) is 1.89. The van der Waals surface area contributed by atoms with Crippen LogP contribution in [0.3, 0.4) is 0 Å². The Labute approximate surface area is 85.9 Å². The summed E-state index contributed by atoms with van der Waals surface area (Å²) in [5, 5.41) is 9.43. The monoisotopic (exact) mass is 203 g/mol. The van der Waals surface area contributed by atoms with Crippen LogP contribution in [0, 0.1) is 0 Å². The molecule has 0 aromatic heterocycles. The van der Waals surface area contributed by atoms with Gasteiger partial charge in [-0.25, -0.2) is 0 Å². The van der Waals surface area contributed by atoms with Crippen LogP contribution in [-0.4, -0.2) is 48.8 Å². The van der Waals surface area contributed by atoms with Crippen LogP contribution < -0.4 is 0 Å². The van der Waals surface area contributed by atoms with E-state index in [-0.39, 0.29) is 18.5 Å². The minimum atomic E-state index is -0.637. The van der Waals surface area contributed by atoms with Gasteiger partial charge in [0, 0.05) is 6.54 Å². The normalized spacial score (nSPS) is 15.3. The molecule has 0 saturated heterocycles. The lowest BCUT2D eigenvalue weighted by atomic mass is 10.2. The first-order valence-corrected chi connectivity index (χ1v) is 4.98. The highest BCUT2D eigenvalue weighted by Gasteiger charge is 2.14. The Morgan fingerprint density at radius 3 is 2.50 bits per heavy atom. The van der Waals surface area contributed by atoms with Crippen molar-refractivity contribution in [1.29, 1.82) is 0 Å². The highest BCUT2D eigenvalue weighted by atomic mass is 16.5. The fourth-order valence-corrected chi connectivity index (χ4v) is 1.03. The van der Waals surface area contributed by atoms with E-state index < -0.39 is 6.10 Å². The minimum Gasteiger partial charge on any atom is -0.463 e. The molecule has 14 heavy (non-hydrogen) atoms. The lowest BCUT2D eigenvalue weighted by Crippen LogP contribution is -2.29. The standard InChI is InChI=1S/C10H21NO3/c1-5-8(2)14-10(13)6-9(12)7-11(3)4/h8-9,12H,5-7H2,1-4H3. The summed E-state index contributed by atoms with van der Waals surface area (Å²) in [7, 11) is 3.70. The van der Waals surface area contributed by atoms with Crippen LogP contribution in [0.4, 0.5) is 0 Å². The number of ether oxygens (including phenoxy) is 1. The molecule has 0 rings (SSSR count). The van der Waals surface area contributed by atoms with Crippen molar-refractivity contribution in [3.63, 3.8) is 0 Å². The SMILES string of the molecule is CCC(C)OC(=O)CC(O)CN(C)C. The van der Waals surface area contributed by atoms with Crippen molar-refractivity contribution in [3.8, 4) is 0 Å². The number of aliphatic hydroxyl groups excluding tert-OH is 1. The number of carbonyl (C=O) groups excluding carboxylic acids is 1. The maximum Gasteiger partial charge on any atom is 0.308 e. The second-order valence-corrected chi connectivity index (χ2v) is 3.83. The number of carbonyl (C=O) groups is 1. The zero-order valence-corrected chi connectivity index (χ0v) is 9.49. The molecule has 1 N–H and O–H groups in total. The first-order chi connectivity index (χ1) is 6.45. The third kappa shape index (κ3) is 6.86. The zero-order valence-electron chi connectivity index (χ0n) is 9.49. The smallest absolute Gasteiger partial charge is 0.308 e. The van der Waals surface area contributed by atoms with E-state index in [4.69, 9.17) is 4.74 Å². The summed E-state index contributed by atoms with van der Waals surface area (Å²) in [4.78, 5) is 13.0. The van der Waals surface area contributed by atoms with Crippen LogP contribution >= 0.6 is 0 Å². The van der Waals surface area contributed by atoms with Gasteiger partial charge in [0.25, 0.3) is 0 Å². The van der Waals surface area contributed by atoms with Gasteiger partial charge in [0.2, 0.25) is 0 Å². The number of rotatable bonds is 6. The van der Waals surface area contributed by atoms with Crippen LogP contribution in [0.25, 0.3) is 0 Å².